The van der Waals surface area contributed by atoms with Crippen molar-refractivity contribution < 1.29 is 14.7 Å². The summed E-state index contributed by atoms with van der Waals surface area (Å²) in [6, 6.07) is 4.32. The van der Waals surface area contributed by atoms with Crippen LogP contribution in [0.1, 0.15) is 110 Å². The molecule has 0 spiro atoms. The minimum atomic E-state index is -1.80. The molecule has 0 fully saturated rings. The molecule has 0 atom stereocenters. The predicted octanol–water partition coefficient (Wildman–Crippen LogP) is 6.06. The van der Waals surface area contributed by atoms with Gasteiger partial charge in [0.05, 0.1) is 0 Å². The number of hydrogen-bond acceptors (Lipinski definition) is 3. The second-order valence-corrected chi connectivity index (χ2v) is 9.32. The third-order valence-electron chi connectivity index (χ3n) is 5.73. The summed E-state index contributed by atoms with van der Waals surface area (Å²) in [5, 5.41) is 19.2. The van der Waals surface area contributed by atoms with E-state index < -0.39 is 7.32 Å². The molecule has 154 valence electrons. The van der Waals surface area contributed by atoms with Gasteiger partial charge in [-0.1, -0.05) is 97.8 Å². The molecule has 0 bridgehead atoms. The summed E-state index contributed by atoms with van der Waals surface area (Å²) >= 11 is 0. The molecule has 0 radical (unpaired) electrons. The fourth-order valence-electron chi connectivity index (χ4n) is 3.91. The Bertz CT molecular complexity index is 536. The SMILES string of the molecule is CCCCCC(C)(C)c1cc(C)cc(C(C)(C)CCCCC)c1OB(O)O. The van der Waals surface area contributed by atoms with E-state index >= 15 is 0 Å². The molecule has 4 heteroatoms. The van der Waals surface area contributed by atoms with Gasteiger partial charge in [0.15, 0.2) is 0 Å². The summed E-state index contributed by atoms with van der Waals surface area (Å²) in [5.41, 5.74) is 3.21. The van der Waals surface area contributed by atoms with Crippen LogP contribution in [0.15, 0.2) is 12.1 Å². The van der Waals surface area contributed by atoms with Gasteiger partial charge in [0.1, 0.15) is 5.75 Å². The van der Waals surface area contributed by atoms with Crippen LogP contribution < -0.4 is 4.65 Å². The Hall–Kier alpha value is -0.995. The Morgan fingerprint density at radius 2 is 1.22 bits per heavy atom. The third kappa shape index (κ3) is 7.16. The molecule has 2 N–H and O–H groups in total. The molecule has 3 nitrogen and oxygen atoms in total. The van der Waals surface area contributed by atoms with E-state index in [4.69, 9.17) is 4.65 Å². The summed E-state index contributed by atoms with van der Waals surface area (Å²) in [6.45, 7) is 15.5. The lowest BCUT2D eigenvalue weighted by atomic mass is 9.73. The lowest BCUT2D eigenvalue weighted by Gasteiger charge is -2.34. The van der Waals surface area contributed by atoms with Crippen molar-refractivity contribution in [2.45, 2.75) is 111 Å². The summed E-state index contributed by atoms with van der Waals surface area (Å²) < 4.78 is 5.63. The van der Waals surface area contributed by atoms with E-state index in [1.807, 2.05) is 0 Å². The Balaban J connectivity index is 3.40. The molecule has 0 amide bonds. The number of hydrogen-bond donors (Lipinski definition) is 2. The molecule has 0 aliphatic rings. The maximum absolute atomic E-state index is 9.62. The van der Waals surface area contributed by atoms with Crippen molar-refractivity contribution in [1.82, 2.24) is 0 Å². The monoisotopic (exact) mass is 376 g/mol. The number of benzene rings is 1. The topological polar surface area (TPSA) is 49.7 Å². The van der Waals surface area contributed by atoms with Gasteiger partial charge in [0.2, 0.25) is 0 Å². The molecule has 0 heterocycles. The van der Waals surface area contributed by atoms with E-state index in [9.17, 15) is 10.0 Å². The zero-order valence-electron chi connectivity index (χ0n) is 18.7. The van der Waals surface area contributed by atoms with Gasteiger partial charge in [0, 0.05) is 0 Å². The second kappa shape index (κ2) is 10.5. The first kappa shape index (κ1) is 24.0. The minimum Gasteiger partial charge on any atom is -0.512 e. The van der Waals surface area contributed by atoms with Gasteiger partial charge in [0.25, 0.3) is 0 Å². The number of rotatable bonds is 12. The maximum atomic E-state index is 9.62. The Labute approximate surface area is 167 Å². The van der Waals surface area contributed by atoms with Crippen LogP contribution in [0.25, 0.3) is 0 Å². The van der Waals surface area contributed by atoms with Crippen LogP contribution in [0.5, 0.6) is 5.75 Å². The van der Waals surface area contributed by atoms with Crippen molar-refractivity contribution in [3.63, 3.8) is 0 Å². The fraction of sp³-hybridized carbons (Fsp3) is 0.739. The van der Waals surface area contributed by atoms with Crippen LogP contribution in [0.2, 0.25) is 0 Å². The maximum Gasteiger partial charge on any atom is 0.707 e. The van der Waals surface area contributed by atoms with Crippen molar-refractivity contribution in [2.24, 2.45) is 0 Å². The van der Waals surface area contributed by atoms with Crippen molar-refractivity contribution >= 4 is 7.32 Å². The van der Waals surface area contributed by atoms with Gasteiger partial charge < -0.3 is 14.7 Å². The zero-order valence-corrected chi connectivity index (χ0v) is 18.7. The fourth-order valence-corrected chi connectivity index (χ4v) is 3.91. The van der Waals surface area contributed by atoms with E-state index in [2.05, 4.69) is 60.6 Å². The van der Waals surface area contributed by atoms with E-state index in [-0.39, 0.29) is 10.8 Å². The molecule has 0 aliphatic carbocycles. The molecule has 1 aromatic rings. The molecule has 0 aromatic heterocycles. The highest BCUT2D eigenvalue weighted by Gasteiger charge is 2.33. The molecule has 0 unspecified atom stereocenters. The smallest absolute Gasteiger partial charge is 0.512 e. The van der Waals surface area contributed by atoms with E-state index in [1.54, 1.807) is 0 Å². The highest BCUT2D eigenvalue weighted by atomic mass is 16.6. The summed E-state index contributed by atoms with van der Waals surface area (Å²) in [7, 11) is -1.80. The Morgan fingerprint density at radius 3 is 1.56 bits per heavy atom. The first-order chi connectivity index (χ1) is 12.5. The van der Waals surface area contributed by atoms with Gasteiger partial charge in [-0.25, -0.2) is 0 Å². The van der Waals surface area contributed by atoms with E-state index in [0.29, 0.717) is 5.75 Å². The third-order valence-corrected chi connectivity index (χ3v) is 5.73. The molecule has 1 rings (SSSR count). The average molecular weight is 376 g/mol. The van der Waals surface area contributed by atoms with Crippen molar-refractivity contribution in [3.05, 3.63) is 28.8 Å². The molecule has 0 saturated carbocycles. The molecule has 1 aromatic carbocycles. The largest absolute Gasteiger partial charge is 0.707 e. The zero-order chi connectivity index (χ0) is 20.7. The number of aryl methyl sites for hydroxylation is 1. The van der Waals surface area contributed by atoms with Gasteiger partial charge in [-0.3, -0.25) is 0 Å². The minimum absolute atomic E-state index is 0.0837. The Morgan fingerprint density at radius 1 is 0.815 bits per heavy atom. The lowest BCUT2D eigenvalue weighted by Crippen LogP contribution is -2.29. The number of unbranched alkanes of at least 4 members (excludes halogenated alkanes) is 4. The van der Waals surface area contributed by atoms with Crippen LogP contribution >= 0.6 is 0 Å². The predicted molar refractivity (Wildman–Crippen MR) is 116 cm³/mol. The summed E-state index contributed by atoms with van der Waals surface area (Å²) in [4.78, 5) is 0. The van der Waals surface area contributed by atoms with Crippen LogP contribution in [0.3, 0.4) is 0 Å². The summed E-state index contributed by atoms with van der Waals surface area (Å²) in [5.74, 6) is 0.665. The van der Waals surface area contributed by atoms with Crippen LogP contribution in [-0.4, -0.2) is 17.4 Å². The van der Waals surface area contributed by atoms with Crippen LogP contribution in [0.4, 0.5) is 0 Å². The standard InChI is InChI=1S/C23H41BO3/c1-8-10-12-14-22(4,5)19-16-18(3)17-20(21(19)27-24(25)26)23(6,7)15-13-11-9-2/h16-17,25-26H,8-15H2,1-7H3. The van der Waals surface area contributed by atoms with Gasteiger partial charge in [-0.2, -0.15) is 0 Å². The van der Waals surface area contributed by atoms with E-state index in [1.165, 1.54) is 31.2 Å². The second-order valence-electron chi connectivity index (χ2n) is 9.32. The normalized spacial score (nSPS) is 12.3. The quantitative estimate of drug-likeness (QED) is 0.344. The van der Waals surface area contributed by atoms with Crippen LogP contribution in [0, 0.1) is 6.92 Å². The highest BCUT2D eigenvalue weighted by Crippen LogP contribution is 2.44. The van der Waals surface area contributed by atoms with Gasteiger partial charge in [-0.05, 0) is 41.7 Å². The van der Waals surface area contributed by atoms with Gasteiger partial charge >= 0.3 is 7.32 Å². The average Bonchev–Trinajstić information content (AvgIpc) is 2.55. The molecular weight excluding hydrogens is 335 g/mol. The highest BCUT2D eigenvalue weighted by molar-refractivity contribution is 6.33. The van der Waals surface area contributed by atoms with Crippen molar-refractivity contribution in [3.8, 4) is 5.75 Å². The van der Waals surface area contributed by atoms with Gasteiger partial charge in [-0.15, -0.1) is 0 Å². The lowest BCUT2D eigenvalue weighted by molar-refractivity contribution is 0.278. The molecule has 0 aliphatic heterocycles. The Kier molecular flexibility index (Phi) is 9.37. The van der Waals surface area contributed by atoms with E-state index in [0.717, 1.165) is 36.8 Å². The first-order valence-electron chi connectivity index (χ1n) is 10.7. The van der Waals surface area contributed by atoms with Crippen LogP contribution in [-0.2, 0) is 10.8 Å². The van der Waals surface area contributed by atoms with Crippen molar-refractivity contribution in [2.75, 3.05) is 0 Å². The first-order valence-corrected chi connectivity index (χ1v) is 10.7. The molecule has 0 saturated heterocycles. The van der Waals surface area contributed by atoms with Crippen molar-refractivity contribution in [1.29, 1.82) is 0 Å². The molecule has 27 heavy (non-hydrogen) atoms. The summed E-state index contributed by atoms with van der Waals surface area (Å²) in [6.07, 6.45) is 9.24. The molecular formula is C23H41BO3.